The number of halogens is 1. The van der Waals surface area contributed by atoms with Gasteiger partial charge in [-0.1, -0.05) is 37.2 Å². The van der Waals surface area contributed by atoms with Crippen LogP contribution in [0.15, 0.2) is 40.8 Å². The van der Waals surface area contributed by atoms with E-state index in [2.05, 4.69) is 11.9 Å². The van der Waals surface area contributed by atoms with Crippen LogP contribution in [-0.4, -0.2) is 20.7 Å². The minimum absolute atomic E-state index is 0.146. The largest absolute Gasteiger partial charge is 0.379 e. The minimum Gasteiger partial charge on any atom is -0.379 e. The Morgan fingerprint density at radius 1 is 1.41 bits per heavy atom. The Morgan fingerprint density at radius 3 is 2.65 bits per heavy atom. The lowest BCUT2D eigenvalue weighted by Gasteiger charge is -2.11. The fourth-order valence-electron chi connectivity index (χ4n) is 1.45. The molecule has 5 heteroatoms. The quantitative estimate of drug-likeness (QED) is 0.867. The molecule has 94 valence electrons. The Hall–Kier alpha value is -1.00. The molecular formula is C12H16ClNO2S. The minimum atomic E-state index is -3.22. The van der Waals surface area contributed by atoms with E-state index in [4.69, 9.17) is 11.6 Å². The molecule has 1 N–H and O–H groups in total. The number of benzene rings is 1. The van der Waals surface area contributed by atoms with Crippen LogP contribution < -0.4 is 5.32 Å². The van der Waals surface area contributed by atoms with Crippen molar-refractivity contribution < 1.29 is 8.42 Å². The zero-order valence-electron chi connectivity index (χ0n) is 9.74. The van der Waals surface area contributed by atoms with Gasteiger partial charge in [0, 0.05) is 5.03 Å². The predicted octanol–water partition coefficient (Wildman–Crippen LogP) is 3.03. The van der Waals surface area contributed by atoms with E-state index in [0.29, 0.717) is 28.6 Å². The molecule has 0 aliphatic carbocycles. The van der Waals surface area contributed by atoms with Crippen LogP contribution in [0.3, 0.4) is 0 Å². The molecule has 0 heterocycles. The summed E-state index contributed by atoms with van der Waals surface area (Å²) in [6, 6.07) is 6.82. The van der Waals surface area contributed by atoms with Crippen LogP contribution in [0.25, 0.3) is 0 Å². The molecule has 0 saturated carbocycles. The highest BCUT2D eigenvalue weighted by Crippen LogP contribution is 2.22. The van der Waals surface area contributed by atoms with Crippen molar-refractivity contribution in [2.24, 2.45) is 0 Å². The molecule has 0 unspecified atom stereocenters. The van der Waals surface area contributed by atoms with Gasteiger partial charge in [-0.05, 0) is 18.6 Å². The molecule has 0 bridgehead atoms. The fourth-order valence-corrected chi connectivity index (χ4v) is 3.04. The highest BCUT2D eigenvalue weighted by atomic mass is 35.5. The molecule has 17 heavy (non-hydrogen) atoms. The summed E-state index contributed by atoms with van der Waals surface area (Å²) in [6.07, 6.45) is 0.596. The van der Waals surface area contributed by atoms with Crippen molar-refractivity contribution in [1.82, 2.24) is 0 Å². The molecule has 1 aromatic carbocycles. The molecule has 0 saturated heterocycles. The Kier molecular flexibility index (Phi) is 5.02. The number of nitrogens with one attached hydrogen (secondary N) is 1. The molecule has 0 amide bonds. The molecule has 0 spiro atoms. The molecule has 0 fully saturated rings. The highest BCUT2D eigenvalue weighted by molar-refractivity contribution is 7.91. The van der Waals surface area contributed by atoms with E-state index >= 15 is 0 Å². The molecule has 3 nitrogen and oxygen atoms in total. The maximum atomic E-state index is 12.0. The van der Waals surface area contributed by atoms with Crippen LogP contribution in [0.2, 0.25) is 0 Å². The Balaban J connectivity index is 3.03. The van der Waals surface area contributed by atoms with Gasteiger partial charge in [-0.25, -0.2) is 8.42 Å². The number of hydrogen-bond donors (Lipinski definition) is 1. The van der Waals surface area contributed by atoms with Gasteiger partial charge in [-0.15, -0.1) is 0 Å². The molecule has 0 aliphatic rings. The summed E-state index contributed by atoms with van der Waals surface area (Å²) >= 11 is 5.65. The standard InChI is InChI=1S/C12H16ClNO2S/c1-3-8-17(15,16)12-7-5-4-6-11(12)14-9-10(2)13/h4-7,14H,2-3,8-9H2,1H3. The average Bonchev–Trinajstić information content (AvgIpc) is 2.26. The van der Waals surface area contributed by atoms with Crippen molar-refractivity contribution in [2.45, 2.75) is 18.2 Å². The lowest BCUT2D eigenvalue weighted by Crippen LogP contribution is -2.11. The van der Waals surface area contributed by atoms with Gasteiger partial charge in [-0.2, -0.15) is 0 Å². The zero-order valence-corrected chi connectivity index (χ0v) is 11.3. The van der Waals surface area contributed by atoms with E-state index < -0.39 is 9.84 Å². The summed E-state index contributed by atoms with van der Waals surface area (Å²) < 4.78 is 24.0. The van der Waals surface area contributed by atoms with Gasteiger partial charge < -0.3 is 5.32 Å². The monoisotopic (exact) mass is 273 g/mol. The van der Waals surface area contributed by atoms with Gasteiger partial charge in [-0.3, -0.25) is 0 Å². The summed E-state index contributed by atoms with van der Waals surface area (Å²) in [4.78, 5) is 0.319. The van der Waals surface area contributed by atoms with E-state index in [1.165, 1.54) is 0 Å². The van der Waals surface area contributed by atoms with Crippen molar-refractivity contribution in [3.8, 4) is 0 Å². The number of rotatable bonds is 6. The maximum Gasteiger partial charge on any atom is 0.180 e. The second kappa shape index (κ2) is 6.07. The number of sulfone groups is 1. The number of hydrogen-bond acceptors (Lipinski definition) is 3. The summed E-state index contributed by atoms with van der Waals surface area (Å²) in [6.45, 7) is 5.74. The first kappa shape index (κ1) is 14.1. The molecule has 1 aromatic rings. The number of anilines is 1. The van der Waals surface area contributed by atoms with Crippen LogP contribution in [0, 0.1) is 0 Å². The van der Waals surface area contributed by atoms with Crippen LogP contribution in [0.1, 0.15) is 13.3 Å². The molecule has 0 radical (unpaired) electrons. The summed E-state index contributed by atoms with van der Waals surface area (Å²) in [5.41, 5.74) is 0.572. The first-order valence-electron chi connectivity index (χ1n) is 5.36. The highest BCUT2D eigenvalue weighted by Gasteiger charge is 2.16. The fraction of sp³-hybridized carbons (Fsp3) is 0.333. The van der Waals surface area contributed by atoms with Gasteiger partial charge in [0.1, 0.15) is 0 Å². The van der Waals surface area contributed by atoms with Crippen LogP contribution in [0.5, 0.6) is 0 Å². The summed E-state index contributed by atoms with van der Waals surface area (Å²) in [7, 11) is -3.22. The lowest BCUT2D eigenvalue weighted by molar-refractivity contribution is 0.595. The van der Waals surface area contributed by atoms with E-state index in [1.807, 2.05) is 6.92 Å². The zero-order chi connectivity index (χ0) is 12.9. The Bertz CT molecular complexity index is 497. The van der Waals surface area contributed by atoms with E-state index in [9.17, 15) is 8.42 Å². The van der Waals surface area contributed by atoms with Crippen LogP contribution in [-0.2, 0) is 9.84 Å². The first-order valence-corrected chi connectivity index (χ1v) is 7.39. The SMILES string of the molecule is C=C(Cl)CNc1ccccc1S(=O)(=O)CCC. The molecule has 0 aliphatic heterocycles. The van der Waals surface area contributed by atoms with E-state index in [-0.39, 0.29) is 5.75 Å². The smallest absolute Gasteiger partial charge is 0.180 e. The van der Waals surface area contributed by atoms with E-state index in [0.717, 1.165) is 0 Å². The Labute approximate surface area is 107 Å². The third-order valence-electron chi connectivity index (χ3n) is 2.17. The van der Waals surface area contributed by atoms with Crippen molar-refractivity contribution >= 4 is 27.1 Å². The molecular weight excluding hydrogens is 258 g/mol. The average molecular weight is 274 g/mol. The third kappa shape index (κ3) is 4.06. The third-order valence-corrected chi connectivity index (χ3v) is 4.27. The predicted molar refractivity (Wildman–Crippen MR) is 72.3 cm³/mol. The number of para-hydroxylation sites is 1. The van der Waals surface area contributed by atoms with Gasteiger partial charge >= 0.3 is 0 Å². The molecule has 0 atom stereocenters. The van der Waals surface area contributed by atoms with Crippen molar-refractivity contribution in [3.05, 3.63) is 35.9 Å². The molecule has 0 aromatic heterocycles. The van der Waals surface area contributed by atoms with Crippen molar-refractivity contribution in [3.63, 3.8) is 0 Å². The first-order chi connectivity index (χ1) is 7.97. The summed E-state index contributed by atoms with van der Waals surface area (Å²) in [5, 5.41) is 3.40. The molecule has 1 rings (SSSR count). The normalized spacial score (nSPS) is 11.2. The van der Waals surface area contributed by atoms with Crippen LogP contribution in [0.4, 0.5) is 5.69 Å². The van der Waals surface area contributed by atoms with Crippen molar-refractivity contribution in [2.75, 3.05) is 17.6 Å². The van der Waals surface area contributed by atoms with Crippen molar-refractivity contribution in [1.29, 1.82) is 0 Å². The lowest BCUT2D eigenvalue weighted by atomic mass is 10.3. The summed E-state index contributed by atoms with van der Waals surface area (Å²) in [5.74, 6) is 0.146. The second-order valence-electron chi connectivity index (χ2n) is 3.69. The topological polar surface area (TPSA) is 46.2 Å². The van der Waals surface area contributed by atoms with Crippen LogP contribution >= 0.6 is 11.6 Å². The maximum absolute atomic E-state index is 12.0. The van der Waals surface area contributed by atoms with Gasteiger partial charge in [0.05, 0.1) is 22.9 Å². The van der Waals surface area contributed by atoms with Gasteiger partial charge in [0.2, 0.25) is 0 Å². The van der Waals surface area contributed by atoms with E-state index in [1.54, 1.807) is 24.3 Å². The Morgan fingerprint density at radius 2 is 2.06 bits per heavy atom. The van der Waals surface area contributed by atoms with Gasteiger partial charge in [0.25, 0.3) is 0 Å². The van der Waals surface area contributed by atoms with Gasteiger partial charge in [0.15, 0.2) is 9.84 Å². The second-order valence-corrected chi connectivity index (χ2v) is 6.30.